The minimum absolute atomic E-state index is 0.197. The van der Waals surface area contributed by atoms with Gasteiger partial charge in [0.25, 0.3) is 5.91 Å². The number of ether oxygens (including phenoxy) is 1. The lowest BCUT2D eigenvalue weighted by Crippen LogP contribution is -2.18. The Kier molecular flexibility index (Phi) is 7.16. The molecule has 0 unspecified atom stereocenters. The Morgan fingerprint density at radius 1 is 1.07 bits per heavy atom. The van der Waals surface area contributed by atoms with Crippen molar-refractivity contribution in [3.05, 3.63) is 71.8 Å². The third-order valence-corrected chi connectivity index (χ3v) is 4.49. The van der Waals surface area contributed by atoms with Crippen LogP contribution < -0.4 is 15.5 Å². The van der Waals surface area contributed by atoms with Gasteiger partial charge in [-0.2, -0.15) is 5.10 Å². The first kappa shape index (κ1) is 21.0. The fourth-order valence-corrected chi connectivity index (χ4v) is 3.02. The second kappa shape index (κ2) is 10.2. The molecule has 0 fully saturated rings. The van der Waals surface area contributed by atoms with Crippen molar-refractivity contribution in [2.75, 3.05) is 11.9 Å². The number of carbonyl (C=O) groups excluding carboxylic acids is 2. The van der Waals surface area contributed by atoms with Crippen molar-refractivity contribution in [2.24, 2.45) is 5.10 Å². The van der Waals surface area contributed by atoms with E-state index < -0.39 is 0 Å². The number of unbranched alkanes of at least 4 members (excludes halogenated alkanes) is 1. The lowest BCUT2D eigenvalue weighted by atomic mass is 10.0. The molecule has 2 amide bonds. The number of amides is 2. The molecule has 0 saturated heterocycles. The summed E-state index contributed by atoms with van der Waals surface area (Å²) in [4.78, 5) is 23.7. The molecular formula is C24H25N3O3. The van der Waals surface area contributed by atoms with E-state index in [1.807, 2.05) is 36.4 Å². The Labute approximate surface area is 175 Å². The fourth-order valence-electron chi connectivity index (χ4n) is 3.02. The summed E-state index contributed by atoms with van der Waals surface area (Å²) in [7, 11) is 0. The molecule has 0 atom stereocenters. The number of benzene rings is 3. The van der Waals surface area contributed by atoms with E-state index >= 15 is 0 Å². The molecule has 154 valence electrons. The Balaban J connectivity index is 1.80. The molecule has 0 heterocycles. The Morgan fingerprint density at radius 3 is 2.70 bits per heavy atom. The summed E-state index contributed by atoms with van der Waals surface area (Å²) in [6.07, 6.45) is 3.62. The zero-order valence-corrected chi connectivity index (χ0v) is 17.1. The van der Waals surface area contributed by atoms with E-state index in [0.717, 1.165) is 34.9 Å². The molecule has 6 nitrogen and oxygen atoms in total. The van der Waals surface area contributed by atoms with Crippen LogP contribution in [0.15, 0.2) is 65.8 Å². The molecule has 0 aliphatic rings. The second-order valence-corrected chi connectivity index (χ2v) is 6.86. The molecular weight excluding hydrogens is 378 g/mol. The van der Waals surface area contributed by atoms with E-state index in [-0.39, 0.29) is 11.8 Å². The molecule has 0 aliphatic carbocycles. The van der Waals surface area contributed by atoms with Gasteiger partial charge in [-0.05, 0) is 41.5 Å². The van der Waals surface area contributed by atoms with Crippen LogP contribution in [-0.4, -0.2) is 24.6 Å². The normalized spacial score (nSPS) is 10.9. The van der Waals surface area contributed by atoms with Crippen LogP contribution in [0, 0.1) is 0 Å². The molecule has 3 aromatic rings. The van der Waals surface area contributed by atoms with E-state index in [2.05, 4.69) is 22.8 Å². The van der Waals surface area contributed by atoms with Gasteiger partial charge in [0.05, 0.1) is 12.8 Å². The Bertz CT molecular complexity index is 1080. The van der Waals surface area contributed by atoms with Gasteiger partial charge in [-0.3, -0.25) is 9.59 Å². The molecule has 0 radical (unpaired) electrons. The van der Waals surface area contributed by atoms with Gasteiger partial charge in [-0.1, -0.05) is 49.7 Å². The molecule has 0 saturated carbocycles. The van der Waals surface area contributed by atoms with E-state index in [1.54, 1.807) is 30.5 Å². The van der Waals surface area contributed by atoms with Crippen molar-refractivity contribution >= 4 is 34.5 Å². The highest BCUT2D eigenvalue weighted by Gasteiger charge is 2.09. The van der Waals surface area contributed by atoms with Gasteiger partial charge < -0.3 is 10.1 Å². The SMILES string of the molecule is CCCCOc1ccc2ccccc2c1C=NNC(=O)c1cccc(NC(C)=O)c1. The van der Waals surface area contributed by atoms with Gasteiger partial charge in [0.2, 0.25) is 5.91 Å². The molecule has 30 heavy (non-hydrogen) atoms. The number of rotatable bonds is 8. The number of nitrogens with one attached hydrogen (secondary N) is 2. The predicted molar refractivity (Wildman–Crippen MR) is 120 cm³/mol. The first-order valence-electron chi connectivity index (χ1n) is 9.94. The van der Waals surface area contributed by atoms with Crippen molar-refractivity contribution in [1.82, 2.24) is 5.43 Å². The summed E-state index contributed by atoms with van der Waals surface area (Å²) in [6.45, 7) is 4.15. The minimum Gasteiger partial charge on any atom is -0.493 e. The molecule has 0 aliphatic heterocycles. The summed E-state index contributed by atoms with van der Waals surface area (Å²) >= 11 is 0. The fraction of sp³-hybridized carbons (Fsp3) is 0.208. The number of hydrogen-bond acceptors (Lipinski definition) is 4. The summed E-state index contributed by atoms with van der Waals surface area (Å²) < 4.78 is 5.94. The van der Waals surface area contributed by atoms with Crippen molar-refractivity contribution in [1.29, 1.82) is 0 Å². The maximum Gasteiger partial charge on any atom is 0.271 e. The quantitative estimate of drug-likeness (QED) is 0.324. The van der Waals surface area contributed by atoms with Crippen LogP contribution in [0.1, 0.15) is 42.6 Å². The van der Waals surface area contributed by atoms with Crippen LogP contribution in [0.4, 0.5) is 5.69 Å². The number of hydrazone groups is 1. The standard InChI is InChI=1S/C24H25N3O3/c1-3-4-14-30-23-13-12-18-8-5-6-11-21(18)22(23)16-25-27-24(29)19-9-7-10-20(15-19)26-17(2)28/h5-13,15-16H,3-4,14H2,1-2H3,(H,26,28)(H,27,29). The van der Waals surface area contributed by atoms with Gasteiger partial charge in [-0.25, -0.2) is 5.43 Å². The van der Waals surface area contributed by atoms with Gasteiger partial charge in [0, 0.05) is 23.7 Å². The molecule has 2 N–H and O–H groups in total. The van der Waals surface area contributed by atoms with E-state index in [1.165, 1.54) is 6.92 Å². The first-order chi connectivity index (χ1) is 14.6. The molecule has 0 spiro atoms. The third kappa shape index (κ3) is 5.44. The third-order valence-electron chi connectivity index (χ3n) is 4.49. The maximum absolute atomic E-state index is 12.5. The Hall–Kier alpha value is -3.67. The monoisotopic (exact) mass is 403 g/mol. The molecule has 0 bridgehead atoms. The molecule has 0 aromatic heterocycles. The van der Waals surface area contributed by atoms with Gasteiger partial charge in [0.1, 0.15) is 5.75 Å². The van der Waals surface area contributed by atoms with Crippen LogP contribution >= 0.6 is 0 Å². The summed E-state index contributed by atoms with van der Waals surface area (Å²) in [5.41, 5.74) is 4.32. The van der Waals surface area contributed by atoms with Crippen molar-refractivity contribution in [3.8, 4) is 5.75 Å². The number of fused-ring (bicyclic) bond motifs is 1. The van der Waals surface area contributed by atoms with Gasteiger partial charge in [0.15, 0.2) is 0 Å². The van der Waals surface area contributed by atoms with Crippen molar-refractivity contribution in [2.45, 2.75) is 26.7 Å². The maximum atomic E-state index is 12.5. The summed E-state index contributed by atoms with van der Waals surface area (Å²) in [5.74, 6) is 0.164. The lowest BCUT2D eigenvalue weighted by molar-refractivity contribution is -0.114. The van der Waals surface area contributed by atoms with E-state index in [9.17, 15) is 9.59 Å². The second-order valence-electron chi connectivity index (χ2n) is 6.86. The number of hydrogen-bond donors (Lipinski definition) is 2. The van der Waals surface area contributed by atoms with Crippen LogP contribution in [0.3, 0.4) is 0 Å². The highest BCUT2D eigenvalue weighted by Crippen LogP contribution is 2.27. The predicted octanol–water partition coefficient (Wildman–Crippen LogP) is 4.74. The number of carbonyl (C=O) groups is 2. The first-order valence-corrected chi connectivity index (χ1v) is 9.94. The van der Waals surface area contributed by atoms with Crippen LogP contribution in [-0.2, 0) is 4.79 Å². The average Bonchev–Trinajstić information content (AvgIpc) is 2.74. The van der Waals surface area contributed by atoms with Crippen LogP contribution in [0.2, 0.25) is 0 Å². The minimum atomic E-state index is -0.368. The number of nitrogens with zero attached hydrogens (tertiary/aromatic N) is 1. The van der Waals surface area contributed by atoms with Gasteiger partial charge >= 0.3 is 0 Å². The largest absolute Gasteiger partial charge is 0.493 e. The van der Waals surface area contributed by atoms with E-state index in [4.69, 9.17) is 4.74 Å². The summed E-state index contributed by atoms with van der Waals surface area (Å²) in [5, 5.41) is 8.88. The highest BCUT2D eigenvalue weighted by atomic mass is 16.5. The summed E-state index contributed by atoms with van der Waals surface area (Å²) in [6, 6.07) is 18.6. The van der Waals surface area contributed by atoms with Crippen molar-refractivity contribution < 1.29 is 14.3 Å². The average molecular weight is 403 g/mol. The number of anilines is 1. The molecule has 3 aromatic carbocycles. The highest BCUT2D eigenvalue weighted by molar-refractivity contribution is 6.03. The lowest BCUT2D eigenvalue weighted by Gasteiger charge is -2.11. The Morgan fingerprint density at radius 2 is 1.90 bits per heavy atom. The zero-order valence-electron chi connectivity index (χ0n) is 17.1. The van der Waals surface area contributed by atoms with Crippen molar-refractivity contribution in [3.63, 3.8) is 0 Å². The van der Waals surface area contributed by atoms with E-state index in [0.29, 0.717) is 17.9 Å². The van der Waals surface area contributed by atoms with Crippen LogP contribution in [0.5, 0.6) is 5.75 Å². The molecule has 3 rings (SSSR count). The smallest absolute Gasteiger partial charge is 0.271 e. The molecule has 6 heteroatoms. The van der Waals surface area contributed by atoms with Crippen LogP contribution in [0.25, 0.3) is 10.8 Å². The topological polar surface area (TPSA) is 79.8 Å². The zero-order chi connectivity index (χ0) is 21.3. The van der Waals surface area contributed by atoms with Gasteiger partial charge in [-0.15, -0.1) is 0 Å².